The average molecular weight is 291 g/mol. The number of benzene rings is 1. The molecule has 118 valence electrons. The molecule has 2 unspecified atom stereocenters. The SMILES string of the molecule is CC(c1ccccc1)N1CCCC1=O.CCC(C)CCO. The molecule has 2 rings (SSSR count). The Morgan fingerprint density at radius 1 is 1.24 bits per heavy atom. The lowest BCUT2D eigenvalue weighted by Crippen LogP contribution is -2.27. The molecule has 21 heavy (non-hydrogen) atoms. The smallest absolute Gasteiger partial charge is 0.223 e. The maximum atomic E-state index is 11.5. The van der Waals surface area contributed by atoms with E-state index in [1.807, 2.05) is 23.1 Å². The van der Waals surface area contributed by atoms with Gasteiger partial charge < -0.3 is 10.0 Å². The van der Waals surface area contributed by atoms with Gasteiger partial charge in [0.2, 0.25) is 5.91 Å². The Balaban J connectivity index is 0.000000270. The van der Waals surface area contributed by atoms with E-state index in [1.54, 1.807) is 0 Å². The lowest BCUT2D eigenvalue weighted by molar-refractivity contribution is -0.129. The van der Waals surface area contributed by atoms with E-state index in [0.717, 1.165) is 25.8 Å². The molecule has 0 saturated carbocycles. The van der Waals surface area contributed by atoms with Gasteiger partial charge in [-0.05, 0) is 31.2 Å². The molecular weight excluding hydrogens is 262 g/mol. The number of aliphatic hydroxyl groups is 1. The van der Waals surface area contributed by atoms with Crippen molar-refractivity contribution in [2.45, 2.75) is 52.5 Å². The molecule has 2 atom stereocenters. The van der Waals surface area contributed by atoms with Gasteiger partial charge in [-0.25, -0.2) is 0 Å². The number of amides is 1. The van der Waals surface area contributed by atoms with Crippen molar-refractivity contribution >= 4 is 5.91 Å². The van der Waals surface area contributed by atoms with E-state index in [9.17, 15) is 4.79 Å². The fourth-order valence-electron chi connectivity index (χ4n) is 2.41. The van der Waals surface area contributed by atoms with Crippen LogP contribution in [0.4, 0.5) is 0 Å². The van der Waals surface area contributed by atoms with Crippen molar-refractivity contribution in [2.75, 3.05) is 13.2 Å². The van der Waals surface area contributed by atoms with Crippen LogP contribution in [0.3, 0.4) is 0 Å². The molecule has 1 N–H and O–H groups in total. The molecule has 0 bridgehead atoms. The van der Waals surface area contributed by atoms with Crippen molar-refractivity contribution in [3.8, 4) is 0 Å². The first kappa shape index (κ1) is 17.7. The van der Waals surface area contributed by atoms with Gasteiger partial charge in [0.1, 0.15) is 0 Å². The van der Waals surface area contributed by atoms with Crippen molar-refractivity contribution < 1.29 is 9.90 Å². The van der Waals surface area contributed by atoms with Crippen LogP contribution in [0, 0.1) is 5.92 Å². The molecule has 0 aliphatic carbocycles. The highest BCUT2D eigenvalue weighted by Crippen LogP contribution is 2.24. The number of carbonyl (C=O) groups is 1. The Hall–Kier alpha value is -1.35. The van der Waals surface area contributed by atoms with Crippen LogP contribution in [0.5, 0.6) is 0 Å². The summed E-state index contributed by atoms with van der Waals surface area (Å²) in [5, 5.41) is 8.37. The van der Waals surface area contributed by atoms with Crippen LogP contribution in [0.15, 0.2) is 30.3 Å². The molecule has 3 nitrogen and oxygen atoms in total. The van der Waals surface area contributed by atoms with Gasteiger partial charge in [-0.3, -0.25) is 4.79 Å². The van der Waals surface area contributed by atoms with Gasteiger partial charge in [-0.2, -0.15) is 0 Å². The third kappa shape index (κ3) is 5.88. The highest BCUT2D eigenvalue weighted by atomic mass is 16.3. The predicted octanol–water partition coefficient (Wildman–Crippen LogP) is 3.78. The second kappa shape index (κ2) is 9.56. The zero-order chi connectivity index (χ0) is 15.7. The highest BCUT2D eigenvalue weighted by molar-refractivity contribution is 5.78. The average Bonchev–Trinajstić information content (AvgIpc) is 2.94. The number of nitrogens with zero attached hydrogens (tertiary/aromatic N) is 1. The Kier molecular flexibility index (Phi) is 8.06. The van der Waals surface area contributed by atoms with Crippen LogP contribution in [0.2, 0.25) is 0 Å². The minimum atomic E-state index is 0.228. The molecular formula is C18H29NO2. The van der Waals surface area contributed by atoms with Crippen molar-refractivity contribution in [3.05, 3.63) is 35.9 Å². The lowest BCUT2D eigenvalue weighted by Gasteiger charge is -2.24. The van der Waals surface area contributed by atoms with Crippen LogP contribution >= 0.6 is 0 Å². The van der Waals surface area contributed by atoms with Gasteiger partial charge in [0.05, 0.1) is 6.04 Å². The lowest BCUT2D eigenvalue weighted by atomic mass is 10.1. The second-order valence-corrected chi connectivity index (χ2v) is 5.80. The summed E-state index contributed by atoms with van der Waals surface area (Å²) in [4.78, 5) is 13.5. The minimum Gasteiger partial charge on any atom is -0.396 e. The summed E-state index contributed by atoms with van der Waals surface area (Å²) in [6.45, 7) is 7.64. The van der Waals surface area contributed by atoms with Gasteiger partial charge in [-0.1, -0.05) is 50.6 Å². The monoisotopic (exact) mass is 291 g/mol. The molecule has 0 radical (unpaired) electrons. The summed E-state index contributed by atoms with van der Waals surface area (Å²) < 4.78 is 0. The van der Waals surface area contributed by atoms with Crippen molar-refractivity contribution in [1.29, 1.82) is 0 Å². The fourth-order valence-corrected chi connectivity index (χ4v) is 2.41. The van der Waals surface area contributed by atoms with E-state index < -0.39 is 0 Å². The zero-order valence-electron chi connectivity index (χ0n) is 13.6. The summed E-state index contributed by atoms with van der Waals surface area (Å²) >= 11 is 0. The number of carbonyl (C=O) groups excluding carboxylic acids is 1. The maximum Gasteiger partial charge on any atom is 0.223 e. The Bertz CT molecular complexity index is 405. The summed E-state index contributed by atoms with van der Waals surface area (Å²) in [5.74, 6) is 0.992. The van der Waals surface area contributed by atoms with E-state index in [2.05, 4.69) is 32.9 Å². The first-order valence-electron chi connectivity index (χ1n) is 8.05. The van der Waals surface area contributed by atoms with Crippen LogP contribution in [0.1, 0.15) is 58.1 Å². The van der Waals surface area contributed by atoms with Crippen LogP contribution in [0.25, 0.3) is 0 Å². The van der Waals surface area contributed by atoms with E-state index in [0.29, 0.717) is 18.4 Å². The molecule has 1 aromatic carbocycles. The Labute approximate surface area is 129 Å². The van der Waals surface area contributed by atoms with Gasteiger partial charge in [-0.15, -0.1) is 0 Å². The van der Waals surface area contributed by atoms with Crippen LogP contribution < -0.4 is 0 Å². The van der Waals surface area contributed by atoms with E-state index in [4.69, 9.17) is 5.11 Å². The number of aliphatic hydroxyl groups excluding tert-OH is 1. The molecule has 1 aliphatic heterocycles. The molecule has 1 heterocycles. The summed E-state index contributed by atoms with van der Waals surface area (Å²) in [6.07, 6.45) is 3.87. The normalized spacial score (nSPS) is 17.1. The van der Waals surface area contributed by atoms with Crippen LogP contribution in [-0.4, -0.2) is 29.1 Å². The number of likely N-dealkylation sites (tertiary alicyclic amines) is 1. The second-order valence-electron chi connectivity index (χ2n) is 5.80. The first-order valence-corrected chi connectivity index (χ1v) is 8.05. The van der Waals surface area contributed by atoms with E-state index in [-0.39, 0.29) is 6.04 Å². The third-order valence-electron chi connectivity index (χ3n) is 4.18. The zero-order valence-corrected chi connectivity index (χ0v) is 13.6. The number of hydrogen-bond acceptors (Lipinski definition) is 2. The molecule has 0 spiro atoms. The maximum absolute atomic E-state index is 11.5. The molecule has 0 aromatic heterocycles. The molecule has 1 aromatic rings. The van der Waals surface area contributed by atoms with E-state index >= 15 is 0 Å². The summed E-state index contributed by atoms with van der Waals surface area (Å²) in [6, 6.07) is 10.4. The summed E-state index contributed by atoms with van der Waals surface area (Å²) in [7, 11) is 0. The molecule has 3 heteroatoms. The van der Waals surface area contributed by atoms with Crippen molar-refractivity contribution in [1.82, 2.24) is 4.90 Å². The van der Waals surface area contributed by atoms with Gasteiger partial charge in [0.15, 0.2) is 0 Å². The third-order valence-corrected chi connectivity index (χ3v) is 4.18. The topological polar surface area (TPSA) is 40.5 Å². The highest BCUT2D eigenvalue weighted by Gasteiger charge is 2.25. The first-order chi connectivity index (χ1) is 10.1. The van der Waals surface area contributed by atoms with Gasteiger partial charge in [0.25, 0.3) is 0 Å². The Morgan fingerprint density at radius 3 is 2.33 bits per heavy atom. The predicted molar refractivity (Wildman–Crippen MR) is 87.0 cm³/mol. The molecule has 1 saturated heterocycles. The van der Waals surface area contributed by atoms with Crippen molar-refractivity contribution in [3.63, 3.8) is 0 Å². The number of rotatable bonds is 5. The fraction of sp³-hybridized carbons (Fsp3) is 0.611. The molecule has 1 aliphatic rings. The molecule has 1 amide bonds. The minimum absolute atomic E-state index is 0.228. The van der Waals surface area contributed by atoms with E-state index in [1.165, 1.54) is 12.0 Å². The molecule has 1 fully saturated rings. The van der Waals surface area contributed by atoms with Gasteiger partial charge in [0, 0.05) is 19.6 Å². The standard InChI is InChI=1S/C12H15NO.C6H14O/c1-10(11-6-3-2-4-7-11)13-9-5-8-12(13)14;1-3-6(2)4-5-7/h2-4,6-7,10H,5,8-9H2,1H3;6-7H,3-5H2,1-2H3. The van der Waals surface area contributed by atoms with Gasteiger partial charge >= 0.3 is 0 Å². The van der Waals surface area contributed by atoms with Crippen molar-refractivity contribution in [2.24, 2.45) is 5.92 Å². The largest absolute Gasteiger partial charge is 0.396 e. The quantitative estimate of drug-likeness (QED) is 0.896. The number of hydrogen-bond donors (Lipinski definition) is 1. The van der Waals surface area contributed by atoms with Crippen LogP contribution in [-0.2, 0) is 4.79 Å². The Morgan fingerprint density at radius 2 is 1.90 bits per heavy atom. The summed E-state index contributed by atoms with van der Waals surface area (Å²) in [5.41, 5.74) is 1.22.